The zero-order valence-corrected chi connectivity index (χ0v) is 5.28. The molecule has 0 atom stereocenters. The van der Waals surface area contributed by atoms with Gasteiger partial charge in [-0.2, -0.15) is 13.2 Å². The summed E-state index contributed by atoms with van der Waals surface area (Å²) in [7, 11) is 0. The van der Waals surface area contributed by atoms with Crippen LogP contribution in [0.4, 0.5) is 13.2 Å². The van der Waals surface area contributed by atoms with E-state index in [-0.39, 0.29) is 6.61 Å². The first-order valence-corrected chi connectivity index (χ1v) is 2.79. The maximum atomic E-state index is 11.3. The van der Waals surface area contributed by atoms with Crippen LogP contribution in [0, 0.1) is 0 Å². The monoisotopic (exact) mass is 157 g/mol. The molecule has 0 amide bonds. The number of rotatable bonds is 4. The van der Waals surface area contributed by atoms with E-state index in [1.54, 1.807) is 0 Å². The summed E-state index contributed by atoms with van der Waals surface area (Å²) in [5.74, 6) is 0. The number of halogens is 3. The minimum Gasteiger partial charge on any atom is -0.379 e. The molecule has 1 radical (unpaired) electrons. The van der Waals surface area contributed by atoms with Gasteiger partial charge in [0.1, 0.15) is 6.61 Å². The Labute approximate surface area is 56.6 Å². The lowest BCUT2D eigenvalue weighted by Gasteiger charge is -2.04. The second-order valence-corrected chi connectivity index (χ2v) is 1.68. The highest BCUT2D eigenvalue weighted by molar-refractivity contribution is 4.47. The lowest BCUT2D eigenvalue weighted by atomic mass is 10.4. The van der Waals surface area contributed by atoms with Crippen molar-refractivity contribution in [3.63, 3.8) is 0 Å². The van der Waals surface area contributed by atoms with Crippen molar-refractivity contribution in [2.24, 2.45) is 0 Å². The van der Waals surface area contributed by atoms with Crippen LogP contribution in [0.5, 0.6) is 0 Å². The van der Waals surface area contributed by atoms with E-state index in [2.05, 4.69) is 4.74 Å². The van der Waals surface area contributed by atoms with Crippen molar-refractivity contribution < 1.29 is 23.0 Å². The van der Waals surface area contributed by atoms with Gasteiger partial charge >= 0.3 is 6.18 Å². The summed E-state index contributed by atoms with van der Waals surface area (Å²) < 4.78 is 38.3. The molecule has 0 saturated heterocycles. The number of ether oxygens (including phenoxy) is 1. The maximum Gasteiger partial charge on any atom is 0.391 e. The molecule has 0 heterocycles. The maximum absolute atomic E-state index is 11.3. The van der Waals surface area contributed by atoms with Gasteiger partial charge in [-0.25, -0.2) is 5.11 Å². The fraction of sp³-hybridized carbons (Fsp3) is 1.00. The molecule has 0 bridgehead atoms. The fourth-order valence-electron chi connectivity index (χ4n) is 0.349. The highest BCUT2D eigenvalue weighted by Crippen LogP contribution is 2.18. The van der Waals surface area contributed by atoms with Gasteiger partial charge in [-0.15, -0.1) is 0 Å². The van der Waals surface area contributed by atoms with Crippen molar-refractivity contribution >= 4 is 0 Å². The van der Waals surface area contributed by atoms with Gasteiger partial charge in [0.2, 0.25) is 0 Å². The predicted molar refractivity (Wildman–Crippen MR) is 27.0 cm³/mol. The van der Waals surface area contributed by atoms with Gasteiger partial charge in [-0.3, -0.25) is 0 Å². The smallest absolute Gasteiger partial charge is 0.379 e. The van der Waals surface area contributed by atoms with Crippen LogP contribution in [-0.4, -0.2) is 26.0 Å². The number of hydrogen-bond acceptors (Lipinski definition) is 1. The molecule has 10 heavy (non-hydrogen) atoms. The lowest BCUT2D eigenvalue weighted by molar-refractivity contribution is -0.146. The highest BCUT2D eigenvalue weighted by atomic mass is 19.4. The molecule has 2 nitrogen and oxygen atoms in total. The van der Waals surface area contributed by atoms with Crippen molar-refractivity contribution in [2.45, 2.75) is 12.6 Å². The van der Waals surface area contributed by atoms with E-state index in [9.17, 15) is 18.3 Å². The van der Waals surface area contributed by atoms with Gasteiger partial charge < -0.3 is 4.74 Å². The molecule has 5 heteroatoms. The molecule has 0 aliphatic carbocycles. The second kappa shape index (κ2) is 4.51. The van der Waals surface area contributed by atoms with E-state index in [0.29, 0.717) is 0 Å². The average molecular weight is 157 g/mol. The normalized spacial score (nSPS) is 12.0. The van der Waals surface area contributed by atoms with E-state index in [1.165, 1.54) is 0 Å². The van der Waals surface area contributed by atoms with E-state index in [1.807, 2.05) is 0 Å². The van der Waals surface area contributed by atoms with Crippen molar-refractivity contribution in [3.05, 3.63) is 0 Å². The van der Waals surface area contributed by atoms with Gasteiger partial charge in [-0.1, -0.05) is 0 Å². The van der Waals surface area contributed by atoms with Gasteiger partial charge in [-0.05, 0) is 0 Å². The van der Waals surface area contributed by atoms with E-state index in [0.717, 1.165) is 0 Å². The molecule has 0 N–H and O–H groups in total. The summed E-state index contributed by atoms with van der Waals surface area (Å²) in [5, 5.41) is 9.65. The van der Waals surface area contributed by atoms with Gasteiger partial charge in [0.25, 0.3) is 0 Å². The van der Waals surface area contributed by atoms with Crippen LogP contribution in [0.3, 0.4) is 0 Å². The van der Waals surface area contributed by atoms with Crippen LogP contribution in [0.25, 0.3) is 0 Å². The van der Waals surface area contributed by atoms with Gasteiger partial charge in [0.05, 0.1) is 19.6 Å². The Morgan fingerprint density at radius 3 is 2.20 bits per heavy atom. The molecule has 0 saturated carbocycles. The Kier molecular flexibility index (Phi) is 4.38. The molecule has 0 aromatic carbocycles. The molecular formula is C5H8F3O2. The molecule has 0 fully saturated rings. The van der Waals surface area contributed by atoms with E-state index < -0.39 is 25.8 Å². The zero-order valence-electron chi connectivity index (χ0n) is 5.28. The Morgan fingerprint density at radius 1 is 1.20 bits per heavy atom. The van der Waals surface area contributed by atoms with Crippen molar-refractivity contribution in [3.8, 4) is 0 Å². The molecule has 0 aromatic rings. The Bertz CT molecular complexity index is 81.5. The Morgan fingerprint density at radius 2 is 1.80 bits per heavy atom. The third-order valence-electron chi connectivity index (χ3n) is 0.758. The van der Waals surface area contributed by atoms with Crippen LogP contribution in [0.15, 0.2) is 0 Å². The minimum atomic E-state index is -4.18. The molecular weight excluding hydrogens is 149 g/mol. The molecule has 0 unspecified atom stereocenters. The van der Waals surface area contributed by atoms with Gasteiger partial charge in [0.15, 0.2) is 0 Å². The standard InChI is InChI=1S/C5H8F3O2/c6-5(7,8)1-3-10-4-2-9/h1-4H2. The van der Waals surface area contributed by atoms with Gasteiger partial charge in [0, 0.05) is 0 Å². The summed E-state index contributed by atoms with van der Waals surface area (Å²) in [6, 6.07) is 0. The molecule has 0 spiro atoms. The summed E-state index contributed by atoms with van der Waals surface area (Å²) in [6.45, 7) is -1.04. The molecule has 0 rings (SSSR count). The number of alkyl halides is 3. The highest BCUT2D eigenvalue weighted by Gasteiger charge is 2.26. The summed E-state index contributed by atoms with van der Waals surface area (Å²) in [5.41, 5.74) is 0. The first kappa shape index (κ1) is 9.71. The summed E-state index contributed by atoms with van der Waals surface area (Å²) in [4.78, 5) is 0. The van der Waals surface area contributed by atoms with E-state index in [4.69, 9.17) is 0 Å². The second-order valence-electron chi connectivity index (χ2n) is 1.68. The Hall–Kier alpha value is -0.290. The van der Waals surface area contributed by atoms with Crippen LogP contribution < -0.4 is 0 Å². The predicted octanol–water partition coefficient (Wildman–Crippen LogP) is 1.39. The molecule has 0 aromatic heterocycles. The SMILES string of the molecule is [O]CCOCCC(F)(F)F. The largest absolute Gasteiger partial charge is 0.391 e. The van der Waals surface area contributed by atoms with Crippen LogP contribution in [-0.2, 0) is 9.84 Å². The molecule has 0 aliphatic rings. The van der Waals surface area contributed by atoms with Crippen LogP contribution in [0.2, 0.25) is 0 Å². The average Bonchev–Trinajstić information content (AvgIpc) is 1.78. The number of hydrogen-bond donors (Lipinski definition) is 0. The zero-order chi connectivity index (χ0) is 8.04. The van der Waals surface area contributed by atoms with Crippen molar-refractivity contribution in [1.82, 2.24) is 0 Å². The summed E-state index contributed by atoms with van der Waals surface area (Å²) in [6.07, 6.45) is -5.16. The van der Waals surface area contributed by atoms with Crippen molar-refractivity contribution in [1.29, 1.82) is 0 Å². The third kappa shape index (κ3) is 7.71. The minimum absolute atomic E-state index is 0.143. The van der Waals surface area contributed by atoms with Crippen LogP contribution >= 0.6 is 0 Å². The van der Waals surface area contributed by atoms with Crippen LogP contribution in [0.1, 0.15) is 6.42 Å². The lowest BCUT2D eigenvalue weighted by Crippen LogP contribution is -2.12. The fourth-order valence-corrected chi connectivity index (χ4v) is 0.349. The first-order chi connectivity index (χ1) is 4.56. The quantitative estimate of drug-likeness (QED) is 0.567. The third-order valence-corrected chi connectivity index (χ3v) is 0.758. The van der Waals surface area contributed by atoms with Crippen molar-refractivity contribution in [2.75, 3.05) is 19.8 Å². The topological polar surface area (TPSA) is 29.1 Å². The molecule has 61 valence electrons. The summed E-state index contributed by atoms with van der Waals surface area (Å²) >= 11 is 0. The Balaban J connectivity index is 3.04. The van der Waals surface area contributed by atoms with E-state index >= 15 is 0 Å². The molecule has 0 aliphatic heterocycles. The first-order valence-electron chi connectivity index (χ1n) is 2.79.